The molecule has 0 spiro atoms. The predicted molar refractivity (Wildman–Crippen MR) is 55.9 cm³/mol. The van der Waals surface area contributed by atoms with Crippen LogP contribution in [0.4, 0.5) is 0 Å². The van der Waals surface area contributed by atoms with Crippen molar-refractivity contribution in [2.75, 3.05) is 0 Å². The Hall–Kier alpha value is -1.55. The summed E-state index contributed by atoms with van der Waals surface area (Å²) < 4.78 is 6.87. The van der Waals surface area contributed by atoms with Crippen molar-refractivity contribution in [3.8, 4) is 11.3 Å². The van der Waals surface area contributed by atoms with E-state index in [2.05, 4.69) is 5.10 Å². The summed E-state index contributed by atoms with van der Waals surface area (Å²) in [5.74, 6) is 0.768. The standard InChI is InChI=1S/C10H9ClN2O2/c1-6(14)8-3-4-9(15-8)7-5-12-13(2)10(7)11/h3-5H,1-2H3. The van der Waals surface area contributed by atoms with Crippen molar-refractivity contribution in [3.63, 3.8) is 0 Å². The Kier molecular flexibility index (Phi) is 2.36. The molecule has 0 aromatic carbocycles. The van der Waals surface area contributed by atoms with Crippen molar-refractivity contribution in [1.29, 1.82) is 0 Å². The number of hydrogen-bond donors (Lipinski definition) is 0. The van der Waals surface area contributed by atoms with Crippen molar-refractivity contribution in [3.05, 3.63) is 29.2 Å². The van der Waals surface area contributed by atoms with E-state index in [1.165, 1.54) is 11.6 Å². The Morgan fingerprint density at radius 2 is 2.27 bits per heavy atom. The highest BCUT2D eigenvalue weighted by molar-refractivity contribution is 6.32. The van der Waals surface area contributed by atoms with Crippen LogP contribution in [0.25, 0.3) is 11.3 Å². The van der Waals surface area contributed by atoms with Gasteiger partial charge in [0, 0.05) is 14.0 Å². The first-order chi connectivity index (χ1) is 7.09. The summed E-state index contributed by atoms with van der Waals surface area (Å²) in [6.07, 6.45) is 1.60. The first-order valence-electron chi connectivity index (χ1n) is 4.38. The van der Waals surface area contributed by atoms with E-state index in [0.29, 0.717) is 22.2 Å². The van der Waals surface area contributed by atoms with Crippen LogP contribution < -0.4 is 0 Å². The zero-order chi connectivity index (χ0) is 11.0. The van der Waals surface area contributed by atoms with Gasteiger partial charge in [0.1, 0.15) is 10.9 Å². The Morgan fingerprint density at radius 3 is 2.73 bits per heavy atom. The van der Waals surface area contributed by atoms with Crippen LogP contribution >= 0.6 is 11.6 Å². The molecule has 5 heteroatoms. The summed E-state index contributed by atoms with van der Waals surface area (Å²) in [4.78, 5) is 11.0. The number of carbonyl (C=O) groups is 1. The molecule has 0 fully saturated rings. The van der Waals surface area contributed by atoms with E-state index in [9.17, 15) is 4.79 Å². The number of furan rings is 1. The third-order valence-corrected chi connectivity index (χ3v) is 2.53. The first-order valence-corrected chi connectivity index (χ1v) is 4.76. The number of nitrogens with zero attached hydrogens (tertiary/aromatic N) is 2. The van der Waals surface area contributed by atoms with Crippen molar-refractivity contribution >= 4 is 17.4 Å². The molecule has 0 saturated heterocycles. The molecule has 0 N–H and O–H groups in total. The minimum Gasteiger partial charge on any atom is -0.453 e. The minimum absolute atomic E-state index is 0.110. The monoisotopic (exact) mass is 224 g/mol. The van der Waals surface area contributed by atoms with Crippen molar-refractivity contribution in [2.45, 2.75) is 6.92 Å². The second kappa shape index (κ2) is 3.55. The van der Waals surface area contributed by atoms with Gasteiger partial charge in [-0.15, -0.1) is 0 Å². The average molecular weight is 225 g/mol. The Bertz CT molecular complexity index is 513. The van der Waals surface area contributed by atoms with Gasteiger partial charge in [-0.25, -0.2) is 0 Å². The normalized spacial score (nSPS) is 10.6. The summed E-state index contributed by atoms with van der Waals surface area (Å²) >= 11 is 5.99. The fraction of sp³-hybridized carbons (Fsp3) is 0.200. The number of carbonyl (C=O) groups excluding carboxylic acids is 1. The quantitative estimate of drug-likeness (QED) is 0.737. The maximum absolute atomic E-state index is 11.0. The number of halogens is 1. The van der Waals surface area contributed by atoms with Gasteiger partial charge in [0.2, 0.25) is 0 Å². The molecule has 4 nitrogen and oxygen atoms in total. The lowest BCUT2D eigenvalue weighted by Gasteiger charge is -1.94. The van der Waals surface area contributed by atoms with Crippen LogP contribution in [-0.2, 0) is 7.05 Å². The predicted octanol–water partition coefficient (Wildman–Crippen LogP) is 2.54. The molecule has 0 amide bonds. The molecule has 0 atom stereocenters. The van der Waals surface area contributed by atoms with Crippen molar-refractivity contribution in [2.24, 2.45) is 7.05 Å². The molecule has 0 aliphatic heterocycles. The molecule has 2 aromatic rings. The van der Waals surface area contributed by atoms with Gasteiger partial charge in [-0.1, -0.05) is 11.6 Å². The molecule has 0 saturated carbocycles. The molecule has 0 radical (unpaired) electrons. The fourth-order valence-electron chi connectivity index (χ4n) is 1.26. The van der Waals surface area contributed by atoms with Crippen LogP contribution in [0.1, 0.15) is 17.5 Å². The lowest BCUT2D eigenvalue weighted by molar-refractivity contribution is 0.0988. The highest BCUT2D eigenvalue weighted by atomic mass is 35.5. The Labute approximate surface area is 91.4 Å². The van der Waals surface area contributed by atoms with Gasteiger partial charge >= 0.3 is 0 Å². The lowest BCUT2D eigenvalue weighted by atomic mass is 10.3. The number of aryl methyl sites for hydroxylation is 1. The smallest absolute Gasteiger partial charge is 0.194 e. The van der Waals surface area contributed by atoms with Gasteiger partial charge in [-0.05, 0) is 12.1 Å². The van der Waals surface area contributed by atoms with E-state index in [-0.39, 0.29) is 5.78 Å². The highest BCUT2D eigenvalue weighted by Gasteiger charge is 2.13. The van der Waals surface area contributed by atoms with Crippen LogP contribution in [0.2, 0.25) is 5.15 Å². The topological polar surface area (TPSA) is 48.0 Å². The van der Waals surface area contributed by atoms with Crippen LogP contribution in [0.15, 0.2) is 22.7 Å². The zero-order valence-electron chi connectivity index (χ0n) is 8.32. The Morgan fingerprint density at radius 1 is 1.53 bits per heavy atom. The summed E-state index contributed by atoms with van der Waals surface area (Å²) in [6.45, 7) is 1.45. The Balaban J connectivity index is 2.46. The number of rotatable bonds is 2. The van der Waals surface area contributed by atoms with Crippen LogP contribution in [0.5, 0.6) is 0 Å². The maximum Gasteiger partial charge on any atom is 0.194 e. The molecule has 0 aliphatic carbocycles. The van der Waals surface area contributed by atoms with Gasteiger partial charge < -0.3 is 4.42 Å². The second-order valence-corrected chi connectivity index (χ2v) is 3.55. The molecule has 2 rings (SSSR count). The van der Waals surface area contributed by atoms with E-state index < -0.39 is 0 Å². The minimum atomic E-state index is -0.110. The SMILES string of the molecule is CC(=O)c1ccc(-c2cnn(C)c2Cl)o1. The van der Waals surface area contributed by atoms with Crippen LogP contribution in [0, 0.1) is 0 Å². The lowest BCUT2D eigenvalue weighted by Crippen LogP contribution is -1.88. The van der Waals surface area contributed by atoms with Crippen molar-refractivity contribution < 1.29 is 9.21 Å². The largest absolute Gasteiger partial charge is 0.453 e. The van der Waals surface area contributed by atoms with E-state index in [0.717, 1.165) is 0 Å². The molecule has 0 bridgehead atoms. The van der Waals surface area contributed by atoms with Gasteiger partial charge in [0.05, 0.1) is 11.8 Å². The molecule has 0 aliphatic rings. The number of Topliss-reactive ketones (excluding diaryl/α,β-unsaturated/α-hetero) is 1. The van der Waals surface area contributed by atoms with Gasteiger partial charge in [-0.2, -0.15) is 5.10 Å². The summed E-state index contributed by atoms with van der Waals surface area (Å²) in [7, 11) is 1.74. The first kappa shape index (κ1) is 9.98. The second-order valence-electron chi connectivity index (χ2n) is 3.19. The van der Waals surface area contributed by atoms with E-state index >= 15 is 0 Å². The molecular weight excluding hydrogens is 216 g/mol. The number of aromatic nitrogens is 2. The zero-order valence-corrected chi connectivity index (χ0v) is 9.08. The molecular formula is C10H9ClN2O2. The molecule has 2 heterocycles. The third kappa shape index (κ3) is 1.68. The summed E-state index contributed by atoms with van der Waals surface area (Å²) in [5.41, 5.74) is 0.687. The number of hydrogen-bond acceptors (Lipinski definition) is 3. The summed E-state index contributed by atoms with van der Waals surface area (Å²) in [5, 5.41) is 4.47. The molecule has 2 aromatic heterocycles. The van der Waals surface area contributed by atoms with E-state index in [4.69, 9.17) is 16.0 Å². The van der Waals surface area contributed by atoms with Crippen LogP contribution in [0.3, 0.4) is 0 Å². The van der Waals surface area contributed by atoms with Crippen molar-refractivity contribution in [1.82, 2.24) is 9.78 Å². The summed E-state index contributed by atoms with van der Waals surface area (Å²) in [6, 6.07) is 3.33. The molecule has 0 unspecified atom stereocenters. The molecule has 15 heavy (non-hydrogen) atoms. The maximum atomic E-state index is 11.0. The van der Waals surface area contributed by atoms with E-state index in [1.807, 2.05) is 0 Å². The van der Waals surface area contributed by atoms with E-state index in [1.54, 1.807) is 25.4 Å². The van der Waals surface area contributed by atoms with Gasteiger partial charge in [-0.3, -0.25) is 9.48 Å². The highest BCUT2D eigenvalue weighted by Crippen LogP contribution is 2.28. The third-order valence-electron chi connectivity index (χ3n) is 2.08. The fourth-order valence-corrected chi connectivity index (χ4v) is 1.45. The van der Waals surface area contributed by atoms with Crippen LogP contribution in [-0.4, -0.2) is 15.6 Å². The molecule has 78 valence electrons. The van der Waals surface area contributed by atoms with Gasteiger partial charge in [0.25, 0.3) is 0 Å². The van der Waals surface area contributed by atoms with Gasteiger partial charge in [0.15, 0.2) is 11.5 Å². The number of ketones is 1. The average Bonchev–Trinajstić information content (AvgIpc) is 2.76.